The minimum Gasteiger partial charge on any atom is -0.319 e. The van der Waals surface area contributed by atoms with Crippen LogP contribution < -0.4 is 10.6 Å². The predicted molar refractivity (Wildman–Crippen MR) is 63.0 cm³/mol. The zero-order chi connectivity index (χ0) is 11.4. The van der Waals surface area contributed by atoms with Gasteiger partial charge in [-0.05, 0) is 45.3 Å². The Morgan fingerprint density at radius 2 is 2.31 bits per heavy atom. The van der Waals surface area contributed by atoms with Crippen molar-refractivity contribution in [2.24, 2.45) is 13.0 Å². The molecule has 0 bridgehead atoms. The Bertz CT molecular complexity index is 316. The van der Waals surface area contributed by atoms with Crippen LogP contribution in [0.25, 0.3) is 0 Å². The molecule has 1 fully saturated rings. The van der Waals surface area contributed by atoms with E-state index in [9.17, 15) is 0 Å². The Morgan fingerprint density at radius 1 is 1.56 bits per heavy atom. The molecule has 1 atom stereocenters. The van der Waals surface area contributed by atoms with Crippen LogP contribution in [0.3, 0.4) is 0 Å². The molecule has 1 aromatic heterocycles. The van der Waals surface area contributed by atoms with Crippen LogP contribution >= 0.6 is 0 Å². The van der Waals surface area contributed by atoms with E-state index in [1.165, 1.54) is 12.8 Å². The minimum absolute atomic E-state index is 0.280. The molecule has 0 aliphatic carbocycles. The van der Waals surface area contributed by atoms with E-state index in [1.807, 2.05) is 11.6 Å². The second-order valence-electron chi connectivity index (χ2n) is 4.62. The molecular weight excluding hydrogens is 202 g/mol. The third-order valence-electron chi connectivity index (χ3n) is 3.31. The smallest absolute Gasteiger partial charge is 0.149 e. The monoisotopic (exact) mass is 223 g/mol. The number of nitrogens with one attached hydrogen (secondary N) is 2. The van der Waals surface area contributed by atoms with Gasteiger partial charge in [0.2, 0.25) is 0 Å². The average Bonchev–Trinajstić information content (AvgIpc) is 2.74. The van der Waals surface area contributed by atoms with Crippen LogP contribution in [0.4, 0.5) is 0 Å². The number of aryl methyl sites for hydroxylation is 1. The van der Waals surface area contributed by atoms with Crippen molar-refractivity contribution in [2.45, 2.75) is 25.8 Å². The fraction of sp³-hybridized carbons (Fsp3) is 0.818. The molecule has 2 heterocycles. The lowest BCUT2D eigenvalue weighted by Gasteiger charge is -2.24. The molecule has 2 N–H and O–H groups in total. The van der Waals surface area contributed by atoms with Crippen LogP contribution in [0.5, 0.6) is 0 Å². The number of hydrogen-bond acceptors (Lipinski definition) is 4. The zero-order valence-electron chi connectivity index (χ0n) is 10.1. The van der Waals surface area contributed by atoms with E-state index in [2.05, 4.69) is 27.8 Å². The number of aromatic nitrogens is 3. The standard InChI is InChI=1S/C11H21N5/c1-9(11-15-14-8-16(11)2)13-7-10-3-5-12-6-4-10/h8-10,12-13H,3-7H2,1-2H3. The Labute approximate surface area is 96.6 Å². The number of hydrogen-bond donors (Lipinski definition) is 2. The molecule has 5 heteroatoms. The fourth-order valence-electron chi connectivity index (χ4n) is 2.20. The lowest BCUT2D eigenvalue weighted by atomic mass is 9.98. The quantitative estimate of drug-likeness (QED) is 0.779. The minimum atomic E-state index is 0.280. The topological polar surface area (TPSA) is 54.8 Å². The third kappa shape index (κ3) is 2.80. The summed E-state index contributed by atoms with van der Waals surface area (Å²) in [7, 11) is 1.98. The van der Waals surface area contributed by atoms with Gasteiger partial charge in [0.05, 0.1) is 6.04 Å². The molecular formula is C11H21N5. The van der Waals surface area contributed by atoms with Crippen LogP contribution in [0.15, 0.2) is 6.33 Å². The van der Waals surface area contributed by atoms with Gasteiger partial charge in [0.25, 0.3) is 0 Å². The van der Waals surface area contributed by atoms with Crippen molar-refractivity contribution in [3.63, 3.8) is 0 Å². The summed E-state index contributed by atoms with van der Waals surface area (Å²) < 4.78 is 1.97. The highest BCUT2D eigenvalue weighted by Gasteiger charge is 2.16. The van der Waals surface area contributed by atoms with E-state index in [4.69, 9.17) is 0 Å². The molecule has 5 nitrogen and oxygen atoms in total. The van der Waals surface area contributed by atoms with Gasteiger partial charge in [-0.15, -0.1) is 10.2 Å². The number of piperidine rings is 1. The first kappa shape index (κ1) is 11.5. The normalized spacial score (nSPS) is 19.9. The summed E-state index contributed by atoms with van der Waals surface area (Å²) in [6.07, 6.45) is 4.30. The maximum absolute atomic E-state index is 4.12. The maximum Gasteiger partial charge on any atom is 0.149 e. The lowest BCUT2D eigenvalue weighted by molar-refractivity contribution is 0.341. The van der Waals surface area contributed by atoms with E-state index in [0.717, 1.165) is 31.4 Å². The molecule has 1 saturated heterocycles. The van der Waals surface area contributed by atoms with Crippen molar-refractivity contribution in [1.82, 2.24) is 25.4 Å². The van der Waals surface area contributed by atoms with Gasteiger partial charge >= 0.3 is 0 Å². The molecule has 1 aromatic rings. The second kappa shape index (κ2) is 5.41. The molecule has 1 aliphatic rings. The van der Waals surface area contributed by atoms with E-state index in [0.29, 0.717) is 0 Å². The summed E-state index contributed by atoms with van der Waals surface area (Å²) >= 11 is 0. The van der Waals surface area contributed by atoms with Gasteiger partial charge in [0, 0.05) is 7.05 Å². The van der Waals surface area contributed by atoms with E-state index >= 15 is 0 Å². The predicted octanol–water partition coefficient (Wildman–Crippen LogP) is 0.465. The molecule has 0 radical (unpaired) electrons. The van der Waals surface area contributed by atoms with Crippen LogP contribution in [0.1, 0.15) is 31.6 Å². The first-order valence-corrected chi connectivity index (χ1v) is 6.05. The SMILES string of the molecule is CC(NCC1CCNCC1)c1nncn1C. The highest BCUT2D eigenvalue weighted by Crippen LogP contribution is 2.13. The number of nitrogens with zero attached hydrogens (tertiary/aromatic N) is 3. The molecule has 16 heavy (non-hydrogen) atoms. The molecule has 0 aromatic carbocycles. The highest BCUT2D eigenvalue weighted by atomic mass is 15.3. The zero-order valence-corrected chi connectivity index (χ0v) is 10.1. The molecule has 1 aliphatic heterocycles. The van der Waals surface area contributed by atoms with Crippen LogP contribution in [-0.2, 0) is 7.05 Å². The Hall–Kier alpha value is -0.940. The van der Waals surface area contributed by atoms with Crippen molar-refractivity contribution in [2.75, 3.05) is 19.6 Å². The van der Waals surface area contributed by atoms with Gasteiger partial charge in [-0.3, -0.25) is 0 Å². The Balaban J connectivity index is 1.79. The Kier molecular flexibility index (Phi) is 3.90. The van der Waals surface area contributed by atoms with E-state index in [-0.39, 0.29) is 6.04 Å². The molecule has 0 saturated carbocycles. The summed E-state index contributed by atoms with van der Waals surface area (Å²) in [6, 6.07) is 0.280. The third-order valence-corrected chi connectivity index (χ3v) is 3.31. The van der Waals surface area contributed by atoms with Crippen molar-refractivity contribution in [1.29, 1.82) is 0 Å². The van der Waals surface area contributed by atoms with Crippen LogP contribution in [0, 0.1) is 5.92 Å². The lowest BCUT2D eigenvalue weighted by Crippen LogP contribution is -2.35. The molecule has 90 valence electrons. The summed E-state index contributed by atoms with van der Waals surface area (Å²) in [5.74, 6) is 1.81. The van der Waals surface area contributed by atoms with Gasteiger partial charge < -0.3 is 15.2 Å². The molecule has 2 rings (SSSR count). The summed E-state index contributed by atoms with van der Waals surface area (Å²) in [5.41, 5.74) is 0. The van der Waals surface area contributed by atoms with E-state index in [1.54, 1.807) is 6.33 Å². The van der Waals surface area contributed by atoms with Crippen molar-refractivity contribution in [3.05, 3.63) is 12.2 Å². The van der Waals surface area contributed by atoms with Crippen molar-refractivity contribution < 1.29 is 0 Å². The van der Waals surface area contributed by atoms with E-state index < -0.39 is 0 Å². The largest absolute Gasteiger partial charge is 0.319 e. The molecule has 0 spiro atoms. The Morgan fingerprint density at radius 3 is 2.94 bits per heavy atom. The summed E-state index contributed by atoms with van der Waals surface area (Å²) in [6.45, 7) is 5.54. The van der Waals surface area contributed by atoms with Crippen molar-refractivity contribution in [3.8, 4) is 0 Å². The second-order valence-corrected chi connectivity index (χ2v) is 4.62. The van der Waals surface area contributed by atoms with Gasteiger partial charge in [-0.1, -0.05) is 0 Å². The highest BCUT2D eigenvalue weighted by molar-refractivity contribution is 4.92. The maximum atomic E-state index is 4.12. The summed E-state index contributed by atoms with van der Waals surface area (Å²) in [5, 5.41) is 14.9. The first-order valence-electron chi connectivity index (χ1n) is 6.05. The molecule has 0 amide bonds. The van der Waals surface area contributed by atoms with Gasteiger partial charge in [0.1, 0.15) is 12.2 Å². The van der Waals surface area contributed by atoms with Crippen molar-refractivity contribution >= 4 is 0 Å². The van der Waals surface area contributed by atoms with Gasteiger partial charge in [-0.2, -0.15) is 0 Å². The molecule has 1 unspecified atom stereocenters. The fourth-order valence-corrected chi connectivity index (χ4v) is 2.20. The van der Waals surface area contributed by atoms with Crippen LogP contribution in [0.2, 0.25) is 0 Å². The first-order chi connectivity index (χ1) is 7.77. The van der Waals surface area contributed by atoms with Gasteiger partial charge in [-0.25, -0.2) is 0 Å². The van der Waals surface area contributed by atoms with Crippen LogP contribution in [-0.4, -0.2) is 34.4 Å². The average molecular weight is 223 g/mol. The van der Waals surface area contributed by atoms with Gasteiger partial charge in [0.15, 0.2) is 0 Å². The summed E-state index contributed by atoms with van der Waals surface area (Å²) in [4.78, 5) is 0. The number of rotatable bonds is 4.